The number of hydrogen-bond acceptors (Lipinski definition) is 6. The minimum atomic E-state index is -1.61. The molecule has 0 spiro atoms. The van der Waals surface area contributed by atoms with E-state index < -0.39 is 31.0 Å². The predicted molar refractivity (Wildman–Crippen MR) is 44.8 cm³/mol. The highest BCUT2D eigenvalue weighted by atomic mass is 32.1. The van der Waals surface area contributed by atoms with Crippen molar-refractivity contribution in [3.05, 3.63) is 0 Å². The molecule has 72 valence electrons. The maximum Gasteiger partial charge on any atom is 0.113 e. The molecule has 6 heteroatoms. The third-order valence-corrected chi connectivity index (χ3v) is 1.70. The summed E-state index contributed by atoms with van der Waals surface area (Å²) in [5.74, 6) is 0. The molecule has 0 aliphatic heterocycles. The SMILES string of the molecule is OC[C@H](O)[C@@H](O)[C@H](O)[C@@H](O)C=S. The molecular formula is C6H12O5S. The van der Waals surface area contributed by atoms with Gasteiger partial charge in [0.25, 0.3) is 0 Å². The molecule has 0 amide bonds. The van der Waals surface area contributed by atoms with Gasteiger partial charge < -0.3 is 25.5 Å². The Balaban J connectivity index is 4.07. The summed E-state index contributed by atoms with van der Waals surface area (Å²) in [4.78, 5) is 0. The molecule has 0 aromatic rings. The number of thiocarbonyl (C=S) groups is 1. The largest absolute Gasteiger partial charge is 0.394 e. The quantitative estimate of drug-likeness (QED) is 0.310. The normalized spacial score (nSPS) is 21.1. The molecule has 0 bridgehead atoms. The van der Waals surface area contributed by atoms with Gasteiger partial charge in [0.1, 0.15) is 24.4 Å². The summed E-state index contributed by atoms with van der Waals surface area (Å²) >= 11 is 4.30. The van der Waals surface area contributed by atoms with E-state index in [1.807, 2.05) is 0 Å². The standard InChI is InChI=1S/C6H12O5S/c7-1-3(8)5(10)6(11)4(9)2-12/h2-11H,1H2/t3-,4-,5+,6+/m0/s1. The highest BCUT2D eigenvalue weighted by Gasteiger charge is 2.28. The molecule has 0 radical (unpaired) electrons. The molecule has 12 heavy (non-hydrogen) atoms. The monoisotopic (exact) mass is 196 g/mol. The van der Waals surface area contributed by atoms with Crippen LogP contribution in [0.3, 0.4) is 0 Å². The molecule has 0 aromatic heterocycles. The van der Waals surface area contributed by atoms with Gasteiger partial charge in [0.2, 0.25) is 0 Å². The van der Waals surface area contributed by atoms with Gasteiger partial charge in [0.15, 0.2) is 0 Å². The maximum absolute atomic E-state index is 9.02. The van der Waals surface area contributed by atoms with Crippen LogP contribution in [0.5, 0.6) is 0 Å². The Hall–Kier alpha value is -0.110. The molecule has 0 aliphatic carbocycles. The number of rotatable bonds is 5. The van der Waals surface area contributed by atoms with Crippen molar-refractivity contribution in [2.45, 2.75) is 24.4 Å². The molecule has 0 rings (SSSR count). The summed E-state index contributed by atoms with van der Waals surface area (Å²) in [7, 11) is 0. The molecule has 0 unspecified atom stereocenters. The highest BCUT2D eigenvalue weighted by molar-refractivity contribution is 7.79. The van der Waals surface area contributed by atoms with E-state index in [0.717, 1.165) is 5.37 Å². The average Bonchev–Trinajstić information content (AvgIpc) is 2.12. The van der Waals surface area contributed by atoms with E-state index in [0.29, 0.717) is 0 Å². The molecule has 5 N–H and O–H groups in total. The Morgan fingerprint density at radius 2 is 1.58 bits per heavy atom. The van der Waals surface area contributed by atoms with Crippen LogP contribution in [-0.4, -0.2) is 61.9 Å². The van der Waals surface area contributed by atoms with Crippen LogP contribution in [0.25, 0.3) is 0 Å². The lowest BCUT2D eigenvalue weighted by Crippen LogP contribution is -2.46. The van der Waals surface area contributed by atoms with Crippen LogP contribution in [0.4, 0.5) is 0 Å². The van der Waals surface area contributed by atoms with Crippen molar-refractivity contribution >= 4 is 17.6 Å². The van der Waals surface area contributed by atoms with E-state index >= 15 is 0 Å². The van der Waals surface area contributed by atoms with Crippen molar-refractivity contribution in [1.29, 1.82) is 0 Å². The van der Waals surface area contributed by atoms with Crippen molar-refractivity contribution in [3.63, 3.8) is 0 Å². The van der Waals surface area contributed by atoms with Crippen LogP contribution >= 0.6 is 12.2 Å². The zero-order valence-electron chi connectivity index (χ0n) is 6.24. The van der Waals surface area contributed by atoms with Gasteiger partial charge in [-0.05, 0) is 0 Å². The van der Waals surface area contributed by atoms with Gasteiger partial charge in [-0.3, -0.25) is 0 Å². The van der Waals surface area contributed by atoms with Gasteiger partial charge in [-0.2, -0.15) is 0 Å². The van der Waals surface area contributed by atoms with Crippen molar-refractivity contribution < 1.29 is 25.5 Å². The molecule has 0 heterocycles. The average molecular weight is 196 g/mol. The van der Waals surface area contributed by atoms with Crippen LogP contribution in [0.15, 0.2) is 0 Å². The summed E-state index contributed by atoms with van der Waals surface area (Å²) in [6.45, 7) is -0.692. The summed E-state index contributed by atoms with van der Waals surface area (Å²) in [6.07, 6.45) is -6.06. The van der Waals surface area contributed by atoms with Crippen LogP contribution in [0, 0.1) is 0 Å². The predicted octanol–water partition coefficient (Wildman–Crippen LogP) is -2.58. The first-order chi connectivity index (χ1) is 5.54. The second-order valence-corrected chi connectivity index (χ2v) is 2.63. The Kier molecular flexibility index (Phi) is 5.47. The molecule has 0 fully saturated rings. The highest BCUT2D eigenvalue weighted by Crippen LogP contribution is 2.03. The first kappa shape index (κ1) is 11.9. The third-order valence-electron chi connectivity index (χ3n) is 1.42. The van der Waals surface area contributed by atoms with Gasteiger partial charge in [-0.15, -0.1) is 0 Å². The zero-order chi connectivity index (χ0) is 9.72. The van der Waals surface area contributed by atoms with Crippen LogP contribution in [0.2, 0.25) is 0 Å². The summed E-state index contributed by atoms with van der Waals surface area (Å²) in [5, 5.41) is 44.9. The van der Waals surface area contributed by atoms with Crippen LogP contribution in [-0.2, 0) is 0 Å². The van der Waals surface area contributed by atoms with Crippen LogP contribution in [0.1, 0.15) is 0 Å². The summed E-state index contributed by atoms with van der Waals surface area (Å²) in [6, 6.07) is 0. The smallest absolute Gasteiger partial charge is 0.113 e. The second-order valence-electron chi connectivity index (χ2n) is 2.36. The second kappa shape index (κ2) is 5.52. The Morgan fingerprint density at radius 1 is 1.08 bits per heavy atom. The van der Waals surface area contributed by atoms with E-state index in [1.54, 1.807) is 0 Å². The minimum Gasteiger partial charge on any atom is -0.394 e. The topological polar surface area (TPSA) is 101 Å². The molecular weight excluding hydrogens is 184 g/mol. The van der Waals surface area contributed by atoms with Gasteiger partial charge in [-0.25, -0.2) is 0 Å². The maximum atomic E-state index is 9.02. The number of aliphatic hydroxyl groups is 5. The van der Waals surface area contributed by atoms with Crippen LogP contribution < -0.4 is 0 Å². The van der Waals surface area contributed by atoms with E-state index in [2.05, 4.69) is 12.2 Å². The van der Waals surface area contributed by atoms with Gasteiger partial charge in [0, 0.05) is 5.37 Å². The first-order valence-electron chi connectivity index (χ1n) is 3.33. The Morgan fingerprint density at radius 3 is 1.92 bits per heavy atom. The zero-order valence-corrected chi connectivity index (χ0v) is 7.05. The van der Waals surface area contributed by atoms with Gasteiger partial charge in [0.05, 0.1) is 6.61 Å². The summed E-state index contributed by atoms with van der Waals surface area (Å²) < 4.78 is 0. The van der Waals surface area contributed by atoms with Crippen molar-refractivity contribution in [2.24, 2.45) is 0 Å². The van der Waals surface area contributed by atoms with Gasteiger partial charge in [-0.1, -0.05) is 12.2 Å². The molecule has 5 nitrogen and oxygen atoms in total. The fourth-order valence-corrected chi connectivity index (χ4v) is 0.779. The minimum absolute atomic E-state index is 0.692. The fraction of sp³-hybridized carbons (Fsp3) is 0.833. The number of hydrogen-bond donors (Lipinski definition) is 5. The lowest BCUT2D eigenvalue weighted by molar-refractivity contribution is -0.0996. The Bertz CT molecular complexity index is 142. The summed E-state index contributed by atoms with van der Waals surface area (Å²) in [5.41, 5.74) is 0. The molecule has 0 saturated heterocycles. The lowest BCUT2D eigenvalue weighted by Gasteiger charge is -2.23. The third kappa shape index (κ3) is 3.10. The van der Waals surface area contributed by atoms with E-state index in [4.69, 9.17) is 25.5 Å². The Labute approximate surface area is 74.9 Å². The van der Waals surface area contributed by atoms with E-state index in [1.165, 1.54) is 0 Å². The van der Waals surface area contributed by atoms with Crippen molar-refractivity contribution in [3.8, 4) is 0 Å². The van der Waals surface area contributed by atoms with E-state index in [9.17, 15) is 0 Å². The molecule has 0 aliphatic rings. The fourth-order valence-electron chi connectivity index (χ4n) is 0.618. The molecule has 0 saturated carbocycles. The molecule has 4 atom stereocenters. The van der Waals surface area contributed by atoms with E-state index in [-0.39, 0.29) is 0 Å². The van der Waals surface area contributed by atoms with Gasteiger partial charge >= 0.3 is 0 Å². The van der Waals surface area contributed by atoms with Crippen molar-refractivity contribution in [2.75, 3.05) is 6.61 Å². The molecule has 0 aromatic carbocycles. The lowest BCUT2D eigenvalue weighted by atomic mass is 10.0. The van der Waals surface area contributed by atoms with Crippen molar-refractivity contribution in [1.82, 2.24) is 0 Å². The first-order valence-corrected chi connectivity index (χ1v) is 3.80. The number of aliphatic hydroxyl groups excluding tert-OH is 5.